The van der Waals surface area contributed by atoms with Crippen molar-refractivity contribution < 1.29 is 9.84 Å². The van der Waals surface area contributed by atoms with Crippen molar-refractivity contribution >= 4 is 11.3 Å². The van der Waals surface area contributed by atoms with Crippen LogP contribution in [0.2, 0.25) is 0 Å². The Bertz CT molecular complexity index is 618. The smallest absolute Gasteiger partial charge is 0.119 e. The average molecular weight is 346 g/mol. The third kappa shape index (κ3) is 4.57. The number of ether oxygens (including phenoxy) is 1. The highest BCUT2D eigenvalue weighted by Crippen LogP contribution is 2.21. The summed E-state index contributed by atoms with van der Waals surface area (Å²) in [6.45, 7) is 5.29. The molecule has 0 aliphatic carbocycles. The molecule has 130 valence electrons. The summed E-state index contributed by atoms with van der Waals surface area (Å²) in [6, 6.07) is 13.0. The van der Waals surface area contributed by atoms with Crippen molar-refractivity contribution in [1.29, 1.82) is 0 Å². The van der Waals surface area contributed by atoms with Crippen LogP contribution in [0.3, 0.4) is 0 Å². The summed E-state index contributed by atoms with van der Waals surface area (Å²) in [6.07, 6.45) is 0.833. The van der Waals surface area contributed by atoms with Crippen LogP contribution < -0.4 is 4.74 Å². The van der Waals surface area contributed by atoms with Gasteiger partial charge in [0.25, 0.3) is 0 Å². The van der Waals surface area contributed by atoms with Crippen molar-refractivity contribution in [2.75, 3.05) is 33.4 Å². The molecule has 1 atom stereocenters. The topological polar surface area (TPSA) is 35.9 Å². The van der Waals surface area contributed by atoms with Crippen LogP contribution in [0, 0.1) is 0 Å². The molecule has 1 fully saturated rings. The Morgan fingerprint density at radius 2 is 2.12 bits per heavy atom. The number of nitrogens with zero attached hydrogens (tertiary/aromatic N) is 2. The van der Waals surface area contributed by atoms with Crippen LogP contribution in [0.25, 0.3) is 0 Å². The van der Waals surface area contributed by atoms with Crippen LogP contribution in [0.4, 0.5) is 0 Å². The number of aliphatic hydroxyl groups is 1. The number of piperazine rings is 1. The third-order valence-corrected chi connectivity index (χ3v) is 5.49. The first-order chi connectivity index (χ1) is 11.8. The third-order valence-electron chi connectivity index (χ3n) is 4.63. The Morgan fingerprint density at radius 1 is 1.21 bits per heavy atom. The molecule has 0 saturated carbocycles. The van der Waals surface area contributed by atoms with Crippen molar-refractivity contribution in [3.8, 4) is 5.75 Å². The van der Waals surface area contributed by atoms with E-state index in [2.05, 4.69) is 39.4 Å². The fourth-order valence-corrected chi connectivity index (χ4v) is 4.09. The lowest BCUT2D eigenvalue weighted by Gasteiger charge is -2.41. The summed E-state index contributed by atoms with van der Waals surface area (Å²) in [4.78, 5) is 6.41. The lowest BCUT2D eigenvalue weighted by Crippen LogP contribution is -2.52. The first-order valence-electron chi connectivity index (χ1n) is 8.51. The van der Waals surface area contributed by atoms with Gasteiger partial charge in [0.1, 0.15) is 5.75 Å². The van der Waals surface area contributed by atoms with E-state index in [1.165, 1.54) is 10.4 Å². The minimum atomic E-state index is 0.249. The summed E-state index contributed by atoms with van der Waals surface area (Å²) < 4.78 is 5.32. The lowest BCUT2D eigenvalue weighted by atomic mass is 10.1. The monoisotopic (exact) mass is 346 g/mol. The normalized spacial score (nSPS) is 19.5. The van der Waals surface area contributed by atoms with Crippen molar-refractivity contribution in [1.82, 2.24) is 9.80 Å². The number of thiophene rings is 1. The second kappa shape index (κ2) is 8.62. The van der Waals surface area contributed by atoms with E-state index < -0.39 is 0 Å². The molecule has 1 unspecified atom stereocenters. The maximum absolute atomic E-state index is 9.45. The van der Waals surface area contributed by atoms with E-state index in [0.29, 0.717) is 6.04 Å². The zero-order valence-corrected chi connectivity index (χ0v) is 15.0. The Balaban J connectivity index is 1.61. The zero-order chi connectivity index (χ0) is 16.8. The van der Waals surface area contributed by atoms with E-state index >= 15 is 0 Å². The molecule has 5 heteroatoms. The summed E-state index contributed by atoms with van der Waals surface area (Å²) >= 11 is 1.81. The largest absolute Gasteiger partial charge is 0.497 e. The van der Waals surface area contributed by atoms with E-state index in [4.69, 9.17) is 4.74 Å². The molecule has 1 aliphatic heterocycles. The highest BCUT2D eigenvalue weighted by Gasteiger charge is 2.26. The molecular formula is C19H26N2O2S. The standard InChI is InChI=1S/C19H26N2O2S/c1-23-18-5-2-4-16(12-18)13-20-8-9-21(17(14-20)7-10-22)15-19-6-3-11-24-19/h2-6,11-12,17,22H,7-10,13-15H2,1H3. The van der Waals surface area contributed by atoms with Crippen LogP contribution >= 0.6 is 11.3 Å². The van der Waals surface area contributed by atoms with Crippen molar-refractivity contribution in [2.24, 2.45) is 0 Å². The first kappa shape index (κ1) is 17.4. The average Bonchev–Trinajstić information content (AvgIpc) is 3.11. The predicted octanol–water partition coefficient (Wildman–Crippen LogP) is 2.83. The summed E-state index contributed by atoms with van der Waals surface area (Å²) in [5.74, 6) is 0.913. The number of hydrogen-bond donors (Lipinski definition) is 1. The summed E-state index contributed by atoms with van der Waals surface area (Å²) in [7, 11) is 1.71. The minimum absolute atomic E-state index is 0.249. The molecule has 3 rings (SSSR count). The Hall–Kier alpha value is -1.40. The van der Waals surface area contributed by atoms with Gasteiger partial charge in [-0.05, 0) is 35.6 Å². The quantitative estimate of drug-likeness (QED) is 0.836. The fourth-order valence-electron chi connectivity index (χ4n) is 3.36. The molecule has 24 heavy (non-hydrogen) atoms. The van der Waals surface area contributed by atoms with Gasteiger partial charge in [0, 0.05) is 50.2 Å². The molecule has 0 spiro atoms. The van der Waals surface area contributed by atoms with Gasteiger partial charge in [-0.1, -0.05) is 18.2 Å². The zero-order valence-electron chi connectivity index (χ0n) is 14.2. The van der Waals surface area contributed by atoms with E-state index in [1.807, 2.05) is 23.5 Å². The van der Waals surface area contributed by atoms with E-state index in [-0.39, 0.29) is 6.61 Å². The Morgan fingerprint density at radius 3 is 2.88 bits per heavy atom. The van der Waals surface area contributed by atoms with Gasteiger partial charge < -0.3 is 9.84 Å². The molecule has 2 aromatic rings. The summed E-state index contributed by atoms with van der Waals surface area (Å²) in [5.41, 5.74) is 1.28. The molecule has 1 saturated heterocycles. The van der Waals surface area contributed by atoms with E-state index in [1.54, 1.807) is 7.11 Å². The molecule has 1 aromatic heterocycles. The van der Waals surface area contributed by atoms with Gasteiger partial charge in [-0.25, -0.2) is 0 Å². The van der Waals surface area contributed by atoms with Crippen molar-refractivity contribution in [2.45, 2.75) is 25.6 Å². The number of methoxy groups -OCH3 is 1. The van der Waals surface area contributed by atoms with Crippen molar-refractivity contribution in [3.63, 3.8) is 0 Å². The molecular weight excluding hydrogens is 320 g/mol. The Labute approximate surface area is 148 Å². The predicted molar refractivity (Wildman–Crippen MR) is 98.5 cm³/mol. The SMILES string of the molecule is COc1cccc(CN2CCN(Cc3cccs3)C(CCO)C2)c1. The number of rotatable bonds is 7. The number of benzene rings is 1. The highest BCUT2D eigenvalue weighted by atomic mass is 32.1. The van der Waals surface area contributed by atoms with Crippen LogP contribution in [-0.4, -0.2) is 54.3 Å². The van der Waals surface area contributed by atoms with E-state index in [0.717, 1.165) is 44.9 Å². The minimum Gasteiger partial charge on any atom is -0.497 e. The van der Waals surface area contributed by atoms with Gasteiger partial charge in [-0.15, -0.1) is 11.3 Å². The van der Waals surface area contributed by atoms with Crippen LogP contribution in [0.1, 0.15) is 16.9 Å². The number of hydrogen-bond acceptors (Lipinski definition) is 5. The van der Waals surface area contributed by atoms with Gasteiger partial charge >= 0.3 is 0 Å². The van der Waals surface area contributed by atoms with Gasteiger partial charge in [-0.3, -0.25) is 9.80 Å². The lowest BCUT2D eigenvalue weighted by molar-refractivity contribution is 0.0506. The first-order valence-corrected chi connectivity index (χ1v) is 9.39. The van der Waals surface area contributed by atoms with E-state index in [9.17, 15) is 5.11 Å². The van der Waals surface area contributed by atoms with Crippen LogP contribution in [0.15, 0.2) is 41.8 Å². The van der Waals surface area contributed by atoms with Crippen LogP contribution in [0.5, 0.6) is 5.75 Å². The number of aliphatic hydroxyl groups excluding tert-OH is 1. The maximum atomic E-state index is 9.45. The molecule has 1 aliphatic rings. The van der Waals surface area contributed by atoms with Crippen molar-refractivity contribution in [3.05, 3.63) is 52.2 Å². The summed E-state index contributed by atoms with van der Waals surface area (Å²) in [5, 5.41) is 11.6. The molecule has 1 N–H and O–H groups in total. The molecule has 2 heterocycles. The molecule has 1 aromatic carbocycles. The maximum Gasteiger partial charge on any atom is 0.119 e. The van der Waals surface area contributed by atoms with Gasteiger partial charge in [0.15, 0.2) is 0 Å². The second-order valence-corrected chi connectivity index (χ2v) is 7.33. The fraction of sp³-hybridized carbons (Fsp3) is 0.474. The van der Waals surface area contributed by atoms with Gasteiger partial charge in [0.2, 0.25) is 0 Å². The molecule has 0 amide bonds. The van der Waals surface area contributed by atoms with Gasteiger partial charge in [-0.2, -0.15) is 0 Å². The van der Waals surface area contributed by atoms with Crippen LogP contribution in [-0.2, 0) is 13.1 Å². The Kier molecular flexibility index (Phi) is 6.26. The molecule has 0 bridgehead atoms. The molecule has 0 radical (unpaired) electrons. The second-order valence-electron chi connectivity index (χ2n) is 6.30. The highest BCUT2D eigenvalue weighted by molar-refractivity contribution is 7.09. The van der Waals surface area contributed by atoms with Gasteiger partial charge in [0.05, 0.1) is 7.11 Å². The molecule has 4 nitrogen and oxygen atoms in total.